The molecule has 110 valence electrons. The van der Waals surface area contributed by atoms with Crippen molar-refractivity contribution in [2.45, 2.75) is 19.9 Å². The lowest BCUT2D eigenvalue weighted by molar-refractivity contribution is 0.420. The second kappa shape index (κ2) is 5.45. The highest BCUT2D eigenvalue weighted by atomic mass is 35.5. The Morgan fingerprint density at radius 1 is 1.29 bits per heavy atom. The molecular formula is C16H18ClN3O. The fraction of sp³-hybridized carbons (Fsp3) is 0.312. The largest absolute Gasteiger partial charge is 0.496 e. The number of benzene rings is 1. The summed E-state index contributed by atoms with van der Waals surface area (Å²) in [5.74, 6) is 0.886. The van der Waals surface area contributed by atoms with E-state index in [1.807, 2.05) is 23.9 Å². The first-order valence-corrected chi connectivity index (χ1v) is 7.35. The summed E-state index contributed by atoms with van der Waals surface area (Å²) in [4.78, 5) is 0. The quantitative estimate of drug-likeness (QED) is 0.737. The molecule has 0 amide bonds. The van der Waals surface area contributed by atoms with Crippen molar-refractivity contribution >= 4 is 22.5 Å². The molecule has 0 aliphatic carbocycles. The van der Waals surface area contributed by atoms with E-state index in [-0.39, 0.29) is 0 Å². The first-order valence-electron chi connectivity index (χ1n) is 6.97. The Kier molecular flexibility index (Phi) is 3.64. The lowest BCUT2D eigenvalue weighted by atomic mass is 10.2. The van der Waals surface area contributed by atoms with E-state index in [0.717, 1.165) is 39.5 Å². The maximum absolute atomic E-state index is 6.44. The molecule has 0 unspecified atom stereocenters. The molecule has 0 aliphatic rings. The number of hydrogen-bond acceptors (Lipinski definition) is 2. The van der Waals surface area contributed by atoms with Crippen LogP contribution in [0.5, 0.6) is 5.75 Å². The topological polar surface area (TPSA) is 32.0 Å². The van der Waals surface area contributed by atoms with Crippen LogP contribution in [0.2, 0.25) is 5.02 Å². The minimum atomic E-state index is 0.693. The van der Waals surface area contributed by atoms with Gasteiger partial charge in [-0.25, -0.2) is 0 Å². The van der Waals surface area contributed by atoms with E-state index in [4.69, 9.17) is 16.3 Å². The van der Waals surface area contributed by atoms with E-state index in [2.05, 4.69) is 34.9 Å². The van der Waals surface area contributed by atoms with E-state index >= 15 is 0 Å². The van der Waals surface area contributed by atoms with E-state index in [9.17, 15) is 0 Å². The third-order valence-corrected chi connectivity index (χ3v) is 4.25. The van der Waals surface area contributed by atoms with Gasteiger partial charge in [0.1, 0.15) is 5.75 Å². The van der Waals surface area contributed by atoms with Crippen molar-refractivity contribution in [1.82, 2.24) is 14.3 Å². The summed E-state index contributed by atoms with van der Waals surface area (Å²) in [5, 5.41) is 6.34. The maximum atomic E-state index is 6.44. The Morgan fingerprint density at radius 2 is 2.10 bits per heavy atom. The molecule has 0 aliphatic heterocycles. The molecule has 0 saturated carbocycles. The van der Waals surface area contributed by atoms with Crippen molar-refractivity contribution in [2.75, 3.05) is 7.11 Å². The second-order valence-electron chi connectivity index (χ2n) is 5.02. The molecule has 5 heteroatoms. The molecule has 3 aromatic rings. The molecule has 2 heterocycles. The SMILES string of the molecule is CCc1nn(C)c(Cn2ccc3c(OC)cccc32)c1Cl. The fourth-order valence-electron chi connectivity index (χ4n) is 2.66. The fourth-order valence-corrected chi connectivity index (χ4v) is 3.02. The lowest BCUT2D eigenvalue weighted by Gasteiger charge is -2.08. The number of methoxy groups -OCH3 is 1. The summed E-state index contributed by atoms with van der Waals surface area (Å²) >= 11 is 6.44. The summed E-state index contributed by atoms with van der Waals surface area (Å²) < 4.78 is 9.44. The van der Waals surface area contributed by atoms with Gasteiger partial charge in [0.25, 0.3) is 0 Å². The van der Waals surface area contributed by atoms with Gasteiger partial charge in [-0.2, -0.15) is 5.10 Å². The van der Waals surface area contributed by atoms with Crippen LogP contribution >= 0.6 is 11.6 Å². The molecule has 4 nitrogen and oxygen atoms in total. The molecule has 0 radical (unpaired) electrons. The predicted molar refractivity (Wildman–Crippen MR) is 85.2 cm³/mol. The normalized spacial score (nSPS) is 11.2. The third kappa shape index (κ3) is 2.29. The van der Waals surface area contributed by atoms with Crippen molar-refractivity contribution in [3.63, 3.8) is 0 Å². The molecule has 0 spiro atoms. The van der Waals surface area contributed by atoms with Crippen LogP contribution in [0.15, 0.2) is 30.5 Å². The highest BCUT2D eigenvalue weighted by molar-refractivity contribution is 6.31. The van der Waals surface area contributed by atoms with Crippen LogP contribution in [0.1, 0.15) is 18.3 Å². The van der Waals surface area contributed by atoms with Crippen molar-refractivity contribution < 1.29 is 4.74 Å². The number of aromatic nitrogens is 3. The number of hydrogen-bond donors (Lipinski definition) is 0. The van der Waals surface area contributed by atoms with Crippen LogP contribution < -0.4 is 4.74 Å². The van der Waals surface area contributed by atoms with Gasteiger partial charge in [0, 0.05) is 18.6 Å². The molecular weight excluding hydrogens is 286 g/mol. The van der Waals surface area contributed by atoms with E-state index in [1.54, 1.807) is 7.11 Å². The molecule has 3 rings (SSSR count). The number of halogens is 1. The third-order valence-electron chi connectivity index (χ3n) is 3.82. The summed E-state index contributed by atoms with van der Waals surface area (Å²) in [6.07, 6.45) is 2.90. The second-order valence-corrected chi connectivity index (χ2v) is 5.40. The average molecular weight is 304 g/mol. The monoisotopic (exact) mass is 303 g/mol. The maximum Gasteiger partial charge on any atom is 0.128 e. The first kappa shape index (κ1) is 14.0. The van der Waals surface area contributed by atoms with Gasteiger partial charge in [-0.1, -0.05) is 24.6 Å². The highest BCUT2D eigenvalue weighted by Gasteiger charge is 2.14. The standard InChI is InChI=1S/C16H18ClN3O/c1-4-12-16(17)14(19(2)18-12)10-20-9-8-11-13(20)6-5-7-15(11)21-3/h5-9H,4,10H2,1-3H3. The molecule has 0 N–H and O–H groups in total. The van der Waals surface area contributed by atoms with Crippen molar-refractivity contribution in [1.29, 1.82) is 0 Å². The van der Waals surface area contributed by atoms with E-state index < -0.39 is 0 Å². The Balaban J connectivity index is 2.05. The Bertz CT molecular complexity index is 788. The zero-order valence-corrected chi connectivity index (χ0v) is 13.2. The van der Waals surface area contributed by atoms with Crippen LogP contribution in [-0.4, -0.2) is 21.5 Å². The van der Waals surface area contributed by atoms with Crippen molar-refractivity contribution in [3.05, 3.63) is 46.9 Å². The molecule has 0 fully saturated rings. The number of ether oxygens (including phenoxy) is 1. The van der Waals surface area contributed by atoms with Gasteiger partial charge in [-0.15, -0.1) is 0 Å². The van der Waals surface area contributed by atoms with Gasteiger partial charge in [0.15, 0.2) is 0 Å². The molecule has 0 saturated heterocycles. The molecule has 0 atom stereocenters. The number of fused-ring (bicyclic) bond motifs is 1. The van der Waals surface area contributed by atoms with Gasteiger partial charge in [-0.05, 0) is 24.6 Å². The Morgan fingerprint density at radius 3 is 2.76 bits per heavy atom. The summed E-state index contributed by atoms with van der Waals surface area (Å²) in [7, 11) is 3.63. The summed E-state index contributed by atoms with van der Waals surface area (Å²) in [6.45, 7) is 2.76. The summed E-state index contributed by atoms with van der Waals surface area (Å²) in [6, 6.07) is 8.13. The van der Waals surface area contributed by atoms with Crippen molar-refractivity contribution in [2.24, 2.45) is 7.05 Å². The highest BCUT2D eigenvalue weighted by Crippen LogP contribution is 2.28. The Hall–Kier alpha value is -1.94. The minimum absolute atomic E-state index is 0.693. The lowest BCUT2D eigenvalue weighted by Crippen LogP contribution is -2.05. The average Bonchev–Trinajstić information content (AvgIpc) is 3.03. The first-order chi connectivity index (χ1) is 10.2. The number of rotatable bonds is 4. The minimum Gasteiger partial charge on any atom is -0.496 e. The Labute approximate surface area is 128 Å². The van der Waals surface area contributed by atoms with Crippen molar-refractivity contribution in [3.8, 4) is 5.75 Å². The molecule has 2 aromatic heterocycles. The van der Waals surface area contributed by atoms with Crippen LogP contribution in [0.4, 0.5) is 0 Å². The smallest absolute Gasteiger partial charge is 0.128 e. The molecule has 1 aromatic carbocycles. The number of nitrogens with zero attached hydrogens (tertiary/aromatic N) is 3. The van der Waals surface area contributed by atoms with Crippen LogP contribution in [0.3, 0.4) is 0 Å². The van der Waals surface area contributed by atoms with Gasteiger partial charge >= 0.3 is 0 Å². The van der Waals surface area contributed by atoms with Gasteiger partial charge in [0.2, 0.25) is 0 Å². The summed E-state index contributed by atoms with van der Waals surface area (Å²) in [5.41, 5.74) is 3.10. The van der Waals surface area contributed by atoms with Gasteiger partial charge in [0.05, 0.1) is 35.6 Å². The predicted octanol–water partition coefficient (Wildman–Crippen LogP) is 3.65. The van der Waals surface area contributed by atoms with Crippen LogP contribution in [-0.2, 0) is 20.0 Å². The zero-order valence-electron chi connectivity index (χ0n) is 12.4. The molecule has 0 bridgehead atoms. The van der Waals surface area contributed by atoms with Crippen LogP contribution in [0.25, 0.3) is 10.9 Å². The van der Waals surface area contributed by atoms with Gasteiger partial charge < -0.3 is 9.30 Å². The number of aryl methyl sites for hydroxylation is 2. The van der Waals surface area contributed by atoms with Gasteiger partial charge in [-0.3, -0.25) is 4.68 Å². The van der Waals surface area contributed by atoms with E-state index in [0.29, 0.717) is 6.54 Å². The zero-order chi connectivity index (χ0) is 15.0. The van der Waals surface area contributed by atoms with E-state index in [1.165, 1.54) is 0 Å². The van der Waals surface area contributed by atoms with Crippen LogP contribution in [0, 0.1) is 0 Å². The molecule has 21 heavy (non-hydrogen) atoms.